The number of esters is 1. The topological polar surface area (TPSA) is 100 Å². The fraction of sp³-hybridized carbons (Fsp3) is 0.690. The van der Waals surface area contributed by atoms with Crippen LogP contribution < -0.4 is 10.1 Å². The molecule has 1 amide bonds. The number of carbonyl (C=O) groups excluding carboxylic acids is 3. The van der Waals surface area contributed by atoms with Crippen molar-refractivity contribution in [1.29, 1.82) is 0 Å². The number of carbonyl (C=O) groups is 3. The molecule has 9 heteroatoms. The number of ether oxygens (including phenoxy) is 2. The third kappa shape index (κ3) is 5.50. The second-order valence-electron chi connectivity index (χ2n) is 12.9. The van der Waals surface area contributed by atoms with Crippen LogP contribution in [0.4, 0.5) is 0 Å². The molecule has 1 N–H and O–H groups in total. The van der Waals surface area contributed by atoms with E-state index in [9.17, 15) is 14.4 Å². The Morgan fingerprint density at radius 3 is 2.47 bits per heavy atom. The van der Waals surface area contributed by atoms with Crippen molar-refractivity contribution in [3.63, 3.8) is 0 Å². The second kappa shape index (κ2) is 10.3. The minimum absolute atomic E-state index is 0.0441. The molecule has 5 atom stereocenters. The Bertz CT molecular complexity index is 1100. The van der Waals surface area contributed by atoms with E-state index < -0.39 is 30.2 Å². The van der Waals surface area contributed by atoms with Crippen LogP contribution in [-0.2, 0) is 30.1 Å². The standard InChI is InChI=1S/C29H42BNO7/c1-17(32)12-13-24(33)31-23(30-37-22-16-19-15-21(28(19,5)6)29(22,7)38-30)14-18-10-9-11-20(25(18)35-8)26(34)36-27(2,3)4/h9-11,19,21-23H,12-16H2,1-8H3,(H,31,33). The molecule has 0 aromatic heterocycles. The van der Waals surface area contributed by atoms with Gasteiger partial charge in [0.2, 0.25) is 5.91 Å². The summed E-state index contributed by atoms with van der Waals surface area (Å²) < 4.78 is 24.5. The van der Waals surface area contributed by atoms with Crippen molar-refractivity contribution in [3.8, 4) is 5.75 Å². The molecule has 38 heavy (non-hydrogen) atoms. The van der Waals surface area contributed by atoms with E-state index in [0.29, 0.717) is 29.6 Å². The van der Waals surface area contributed by atoms with Gasteiger partial charge >= 0.3 is 13.1 Å². The van der Waals surface area contributed by atoms with Gasteiger partial charge in [-0.3, -0.25) is 4.79 Å². The van der Waals surface area contributed by atoms with Gasteiger partial charge in [-0.15, -0.1) is 0 Å². The maximum atomic E-state index is 12.9. The Morgan fingerprint density at radius 2 is 1.87 bits per heavy atom. The molecule has 1 saturated heterocycles. The quantitative estimate of drug-likeness (QED) is 0.377. The first kappa shape index (κ1) is 28.6. The van der Waals surface area contributed by atoms with Crippen LogP contribution in [0, 0.1) is 17.3 Å². The van der Waals surface area contributed by atoms with Crippen LogP contribution in [0.5, 0.6) is 5.75 Å². The monoisotopic (exact) mass is 527 g/mol. The number of para-hydroxylation sites is 1. The zero-order chi connectivity index (χ0) is 28.0. The zero-order valence-electron chi connectivity index (χ0n) is 24.0. The molecule has 4 aliphatic rings. The lowest BCUT2D eigenvalue weighted by Crippen LogP contribution is -2.65. The number of ketones is 1. The highest BCUT2D eigenvalue weighted by atomic mass is 16.7. The Morgan fingerprint density at radius 1 is 1.16 bits per heavy atom. The first-order chi connectivity index (χ1) is 17.7. The Hall–Kier alpha value is -2.39. The molecule has 4 fully saturated rings. The van der Waals surface area contributed by atoms with Crippen molar-refractivity contribution < 1.29 is 33.2 Å². The summed E-state index contributed by atoms with van der Waals surface area (Å²) in [5.41, 5.74) is 0.141. The number of nitrogens with one attached hydrogen (secondary N) is 1. The van der Waals surface area contributed by atoms with Crippen molar-refractivity contribution in [2.75, 3.05) is 7.11 Å². The van der Waals surface area contributed by atoms with Crippen molar-refractivity contribution in [3.05, 3.63) is 29.3 Å². The average Bonchev–Trinajstić information content (AvgIpc) is 3.18. The summed E-state index contributed by atoms with van der Waals surface area (Å²) in [6.07, 6.45) is 2.58. The second-order valence-corrected chi connectivity index (χ2v) is 12.9. The summed E-state index contributed by atoms with van der Waals surface area (Å²) in [7, 11) is 0.844. The van der Waals surface area contributed by atoms with E-state index in [2.05, 4.69) is 26.1 Å². The summed E-state index contributed by atoms with van der Waals surface area (Å²) in [5, 5.41) is 3.06. The van der Waals surface area contributed by atoms with Gasteiger partial charge in [0.15, 0.2) is 0 Å². The lowest BCUT2D eigenvalue weighted by atomic mass is 9.43. The van der Waals surface area contributed by atoms with E-state index in [0.717, 1.165) is 18.4 Å². The van der Waals surface area contributed by atoms with Crippen LogP contribution in [0.3, 0.4) is 0 Å². The number of rotatable bonds is 9. The smallest absolute Gasteiger partial charge is 0.482 e. The maximum Gasteiger partial charge on any atom is 0.482 e. The summed E-state index contributed by atoms with van der Waals surface area (Å²) in [6.45, 7) is 13.7. The van der Waals surface area contributed by atoms with Crippen LogP contribution in [0.2, 0.25) is 0 Å². The molecule has 208 valence electrons. The first-order valence-electron chi connectivity index (χ1n) is 13.7. The van der Waals surface area contributed by atoms with E-state index >= 15 is 0 Å². The van der Waals surface area contributed by atoms with E-state index in [1.807, 2.05) is 26.8 Å². The van der Waals surface area contributed by atoms with Gasteiger partial charge in [0.1, 0.15) is 22.7 Å². The Labute approximate surface area is 226 Å². The number of amides is 1. The summed E-state index contributed by atoms with van der Waals surface area (Å²) >= 11 is 0. The van der Waals surface area contributed by atoms with Gasteiger partial charge in [0.25, 0.3) is 0 Å². The largest absolute Gasteiger partial charge is 0.496 e. The van der Waals surface area contributed by atoms with Gasteiger partial charge in [-0.25, -0.2) is 4.79 Å². The number of hydrogen-bond acceptors (Lipinski definition) is 7. The van der Waals surface area contributed by atoms with Gasteiger partial charge in [-0.2, -0.15) is 0 Å². The van der Waals surface area contributed by atoms with E-state index in [-0.39, 0.29) is 36.1 Å². The molecular weight excluding hydrogens is 485 g/mol. The van der Waals surface area contributed by atoms with Crippen molar-refractivity contribution in [2.45, 2.75) is 104 Å². The third-order valence-corrected chi connectivity index (χ3v) is 8.71. The molecule has 5 unspecified atom stereocenters. The van der Waals surface area contributed by atoms with Crippen molar-refractivity contribution >= 4 is 24.8 Å². The number of benzene rings is 1. The fourth-order valence-corrected chi connectivity index (χ4v) is 6.57. The van der Waals surface area contributed by atoms with Crippen LogP contribution in [-0.4, -0.2) is 55.1 Å². The SMILES string of the molecule is COc1c(CC(NC(=O)CCC(C)=O)B2OC3CC4CC(C4(C)C)C3(C)O2)cccc1C(=O)OC(C)(C)C. The molecule has 3 aliphatic carbocycles. The molecule has 1 heterocycles. The molecule has 5 rings (SSSR count). The Kier molecular flexibility index (Phi) is 7.76. The maximum absolute atomic E-state index is 12.9. The van der Waals surface area contributed by atoms with Gasteiger partial charge in [0, 0.05) is 12.8 Å². The number of hydrogen-bond donors (Lipinski definition) is 1. The molecule has 8 nitrogen and oxygen atoms in total. The highest BCUT2D eigenvalue weighted by Crippen LogP contribution is 2.65. The predicted molar refractivity (Wildman–Crippen MR) is 144 cm³/mol. The van der Waals surface area contributed by atoms with Gasteiger partial charge in [-0.05, 0) is 82.8 Å². The van der Waals surface area contributed by atoms with Gasteiger partial charge < -0.3 is 28.9 Å². The van der Waals surface area contributed by atoms with Crippen LogP contribution in [0.25, 0.3) is 0 Å². The van der Waals surface area contributed by atoms with Crippen LogP contribution in [0.1, 0.15) is 90.1 Å². The summed E-state index contributed by atoms with van der Waals surface area (Å²) in [5.74, 6) is 0.0634. The normalized spacial score (nSPS) is 28.1. The molecule has 1 aromatic rings. The predicted octanol–water partition coefficient (Wildman–Crippen LogP) is 4.31. The molecular formula is C29H42BNO7. The highest BCUT2D eigenvalue weighted by Gasteiger charge is 2.68. The summed E-state index contributed by atoms with van der Waals surface area (Å²) in [4.78, 5) is 37.3. The van der Waals surface area contributed by atoms with Crippen molar-refractivity contribution in [1.82, 2.24) is 5.32 Å². The minimum Gasteiger partial charge on any atom is -0.496 e. The van der Waals surface area contributed by atoms with Gasteiger partial charge in [0.05, 0.1) is 24.8 Å². The lowest BCUT2D eigenvalue weighted by Gasteiger charge is -2.64. The van der Waals surface area contributed by atoms with Crippen LogP contribution in [0.15, 0.2) is 18.2 Å². The fourth-order valence-electron chi connectivity index (χ4n) is 6.57. The van der Waals surface area contributed by atoms with Gasteiger partial charge in [-0.1, -0.05) is 26.0 Å². The van der Waals surface area contributed by atoms with Crippen molar-refractivity contribution in [2.24, 2.45) is 17.3 Å². The van der Waals surface area contributed by atoms with E-state index in [4.69, 9.17) is 18.8 Å². The zero-order valence-corrected chi connectivity index (χ0v) is 24.0. The third-order valence-electron chi connectivity index (χ3n) is 8.71. The highest BCUT2D eigenvalue weighted by molar-refractivity contribution is 6.48. The molecule has 3 saturated carbocycles. The van der Waals surface area contributed by atoms with Crippen LogP contribution >= 0.6 is 0 Å². The molecule has 0 radical (unpaired) electrons. The molecule has 1 aliphatic heterocycles. The molecule has 1 aromatic carbocycles. The van der Waals surface area contributed by atoms with E-state index in [1.165, 1.54) is 14.0 Å². The number of methoxy groups -OCH3 is 1. The summed E-state index contributed by atoms with van der Waals surface area (Å²) in [6, 6.07) is 5.32. The first-order valence-corrected chi connectivity index (χ1v) is 13.7. The minimum atomic E-state index is -0.670. The molecule has 2 bridgehead atoms. The number of Topliss-reactive ketones (excluding diaryl/α,β-unsaturated/α-hetero) is 1. The molecule has 0 spiro atoms. The average molecular weight is 527 g/mol. The van der Waals surface area contributed by atoms with E-state index in [1.54, 1.807) is 12.1 Å². The Balaban J connectivity index is 1.61. The lowest BCUT2D eigenvalue weighted by molar-refractivity contribution is -0.199.